The fourth-order valence-electron chi connectivity index (χ4n) is 1.31. The molecule has 0 aliphatic carbocycles. The van der Waals surface area contributed by atoms with Crippen LogP contribution in [-0.4, -0.2) is 27.0 Å². The van der Waals surface area contributed by atoms with Crippen molar-refractivity contribution in [3.8, 4) is 0 Å². The van der Waals surface area contributed by atoms with Gasteiger partial charge in [-0.1, -0.05) is 11.6 Å². The summed E-state index contributed by atoms with van der Waals surface area (Å²) in [5.74, 6) is -1.10. The highest BCUT2D eigenvalue weighted by molar-refractivity contribution is 7.85. The molecular formula is C11H12ClNO5S. The third-order valence-corrected chi connectivity index (χ3v) is 3.55. The van der Waals surface area contributed by atoms with Gasteiger partial charge in [-0.25, -0.2) is 0 Å². The Bertz CT molecular complexity index is 532. The Kier molecular flexibility index (Phi) is 5.44. The number of nitro benzene ring substituents is 1. The minimum absolute atomic E-state index is 0.0462. The second kappa shape index (κ2) is 6.63. The third kappa shape index (κ3) is 4.60. The summed E-state index contributed by atoms with van der Waals surface area (Å²) in [6.45, 7) is 3.32. The van der Waals surface area contributed by atoms with E-state index in [1.165, 1.54) is 12.1 Å². The molecule has 0 aliphatic heterocycles. The smallest absolute Gasteiger partial charge is 0.319 e. The van der Waals surface area contributed by atoms with Crippen molar-refractivity contribution in [1.82, 2.24) is 0 Å². The lowest BCUT2D eigenvalue weighted by Crippen LogP contribution is -2.18. The topological polar surface area (TPSA) is 86.5 Å². The van der Waals surface area contributed by atoms with Crippen molar-refractivity contribution >= 4 is 34.1 Å². The summed E-state index contributed by atoms with van der Waals surface area (Å²) in [6, 6.07) is 3.76. The lowest BCUT2D eigenvalue weighted by atomic mass is 10.3. The summed E-state index contributed by atoms with van der Waals surface area (Å²) in [5.41, 5.74) is -0.372. The number of ether oxygens (including phenoxy) is 1. The number of nitro groups is 1. The first-order valence-corrected chi connectivity index (χ1v) is 7.02. The summed E-state index contributed by atoms with van der Waals surface area (Å²) >= 11 is 5.65. The van der Waals surface area contributed by atoms with Gasteiger partial charge in [0.1, 0.15) is 10.6 Å². The van der Waals surface area contributed by atoms with Gasteiger partial charge in [-0.2, -0.15) is 0 Å². The number of hydrogen-bond acceptors (Lipinski definition) is 5. The molecule has 0 aromatic heterocycles. The minimum Gasteiger partial charge on any atom is -0.462 e. The average Bonchev–Trinajstić information content (AvgIpc) is 2.27. The van der Waals surface area contributed by atoms with Crippen molar-refractivity contribution in [2.45, 2.75) is 24.8 Å². The number of hydrogen-bond donors (Lipinski definition) is 0. The molecule has 19 heavy (non-hydrogen) atoms. The third-order valence-electron chi connectivity index (χ3n) is 1.98. The summed E-state index contributed by atoms with van der Waals surface area (Å²) in [7, 11) is -1.85. The van der Waals surface area contributed by atoms with E-state index in [2.05, 4.69) is 0 Å². The molecule has 1 atom stereocenters. The fraction of sp³-hybridized carbons (Fsp3) is 0.364. The molecule has 8 heteroatoms. The van der Waals surface area contributed by atoms with E-state index in [9.17, 15) is 19.1 Å². The highest BCUT2D eigenvalue weighted by atomic mass is 35.5. The molecule has 0 spiro atoms. The van der Waals surface area contributed by atoms with Gasteiger partial charge < -0.3 is 4.74 Å². The molecular weight excluding hydrogens is 294 g/mol. The molecule has 0 saturated heterocycles. The van der Waals surface area contributed by atoms with Gasteiger partial charge in [0.15, 0.2) is 0 Å². The van der Waals surface area contributed by atoms with Crippen molar-refractivity contribution in [2.24, 2.45) is 0 Å². The highest BCUT2D eigenvalue weighted by Gasteiger charge is 2.22. The molecule has 0 heterocycles. The van der Waals surface area contributed by atoms with Crippen LogP contribution in [0.1, 0.15) is 13.8 Å². The number of carbonyl (C=O) groups excluding carboxylic acids is 1. The lowest BCUT2D eigenvalue weighted by Gasteiger charge is -2.08. The van der Waals surface area contributed by atoms with Gasteiger partial charge in [0, 0.05) is 11.1 Å². The molecule has 1 unspecified atom stereocenters. The molecule has 0 aliphatic rings. The van der Waals surface area contributed by atoms with Crippen molar-refractivity contribution in [3.05, 3.63) is 33.3 Å². The minimum atomic E-state index is -1.85. The maximum atomic E-state index is 11.9. The zero-order chi connectivity index (χ0) is 14.6. The zero-order valence-corrected chi connectivity index (χ0v) is 11.9. The average molecular weight is 306 g/mol. The summed E-state index contributed by atoms with van der Waals surface area (Å²) in [4.78, 5) is 21.5. The first-order valence-electron chi connectivity index (χ1n) is 5.33. The zero-order valence-electron chi connectivity index (χ0n) is 10.3. The van der Waals surface area contributed by atoms with Crippen LogP contribution in [0.5, 0.6) is 0 Å². The van der Waals surface area contributed by atoms with E-state index in [0.717, 1.165) is 6.07 Å². The first kappa shape index (κ1) is 15.6. The maximum absolute atomic E-state index is 11.9. The van der Waals surface area contributed by atoms with Gasteiger partial charge in [-0.15, -0.1) is 0 Å². The molecule has 0 amide bonds. The van der Waals surface area contributed by atoms with E-state index < -0.39 is 27.4 Å². The van der Waals surface area contributed by atoms with Crippen LogP contribution in [0.3, 0.4) is 0 Å². The van der Waals surface area contributed by atoms with Crippen LogP contribution in [0.4, 0.5) is 5.69 Å². The highest BCUT2D eigenvalue weighted by Crippen LogP contribution is 2.26. The fourth-order valence-corrected chi connectivity index (χ4v) is 2.50. The molecule has 0 bridgehead atoms. The molecule has 104 valence electrons. The van der Waals surface area contributed by atoms with Crippen LogP contribution in [0, 0.1) is 10.1 Å². The van der Waals surface area contributed by atoms with Crippen molar-refractivity contribution < 1.29 is 18.7 Å². The second-order valence-corrected chi connectivity index (χ2v) is 5.75. The second-order valence-electron chi connectivity index (χ2n) is 3.90. The number of nitrogens with zero attached hydrogens (tertiary/aromatic N) is 1. The monoisotopic (exact) mass is 305 g/mol. The van der Waals surface area contributed by atoms with Crippen molar-refractivity contribution in [1.29, 1.82) is 0 Å². The largest absolute Gasteiger partial charge is 0.462 e. The molecule has 0 radical (unpaired) electrons. The molecule has 1 rings (SSSR count). The molecule has 0 fully saturated rings. The maximum Gasteiger partial charge on any atom is 0.319 e. The Morgan fingerprint density at radius 2 is 2.16 bits per heavy atom. The first-order chi connectivity index (χ1) is 8.81. The van der Waals surface area contributed by atoms with Crippen LogP contribution in [0.25, 0.3) is 0 Å². The van der Waals surface area contributed by atoms with Gasteiger partial charge in [-0.3, -0.25) is 19.1 Å². The van der Waals surface area contributed by atoms with Gasteiger partial charge in [0.25, 0.3) is 5.69 Å². The number of halogens is 1. The van der Waals surface area contributed by atoms with E-state index in [1.807, 2.05) is 0 Å². The van der Waals surface area contributed by atoms with E-state index in [0.29, 0.717) is 0 Å². The van der Waals surface area contributed by atoms with Gasteiger partial charge in [0.05, 0.1) is 21.8 Å². The predicted octanol–water partition coefficient (Wildman–Crippen LogP) is 2.31. The summed E-state index contributed by atoms with van der Waals surface area (Å²) in [6.07, 6.45) is -0.329. The Morgan fingerprint density at radius 3 is 2.68 bits per heavy atom. The number of esters is 1. The normalized spacial score (nSPS) is 12.2. The van der Waals surface area contributed by atoms with E-state index in [-0.39, 0.29) is 21.7 Å². The van der Waals surface area contributed by atoms with Crippen molar-refractivity contribution in [3.63, 3.8) is 0 Å². The van der Waals surface area contributed by atoms with Gasteiger partial charge in [0.2, 0.25) is 0 Å². The van der Waals surface area contributed by atoms with Crippen LogP contribution in [-0.2, 0) is 20.3 Å². The Balaban J connectivity index is 2.94. The Labute approximate surface area is 117 Å². The molecule has 0 saturated carbocycles. The molecule has 1 aromatic carbocycles. The SMILES string of the molecule is CC(C)OC(=O)CS(=O)c1ccc(Cl)cc1[N+](=O)[O-]. The van der Waals surface area contributed by atoms with Crippen LogP contribution >= 0.6 is 11.6 Å². The number of carbonyl (C=O) groups is 1. The number of rotatable bonds is 5. The van der Waals surface area contributed by atoms with Crippen LogP contribution < -0.4 is 0 Å². The Morgan fingerprint density at radius 1 is 1.53 bits per heavy atom. The summed E-state index contributed by atoms with van der Waals surface area (Å²) in [5, 5.41) is 11.0. The van der Waals surface area contributed by atoms with Crippen molar-refractivity contribution in [2.75, 3.05) is 5.75 Å². The Hall–Kier alpha value is -1.47. The van der Waals surface area contributed by atoms with Crippen LogP contribution in [0.2, 0.25) is 5.02 Å². The van der Waals surface area contributed by atoms with Gasteiger partial charge in [-0.05, 0) is 26.0 Å². The summed E-state index contributed by atoms with van der Waals surface area (Å²) < 4.78 is 16.8. The standard InChI is InChI=1S/C11H12ClNO5S/c1-7(2)18-11(14)6-19(17)10-4-3-8(12)5-9(10)13(15)16/h3-5,7H,6H2,1-2H3. The predicted molar refractivity (Wildman–Crippen MR) is 70.6 cm³/mol. The lowest BCUT2D eigenvalue weighted by molar-refractivity contribution is -0.387. The van der Waals surface area contributed by atoms with E-state index >= 15 is 0 Å². The van der Waals surface area contributed by atoms with E-state index in [1.54, 1.807) is 13.8 Å². The quantitative estimate of drug-likeness (QED) is 0.473. The molecule has 6 nitrogen and oxygen atoms in total. The van der Waals surface area contributed by atoms with E-state index in [4.69, 9.17) is 16.3 Å². The van der Waals surface area contributed by atoms with Crippen LogP contribution in [0.15, 0.2) is 23.1 Å². The molecule has 1 aromatic rings. The number of benzene rings is 1. The van der Waals surface area contributed by atoms with Gasteiger partial charge >= 0.3 is 5.97 Å². The molecule has 0 N–H and O–H groups in total.